The van der Waals surface area contributed by atoms with Gasteiger partial charge in [-0.25, -0.2) is 9.79 Å². The summed E-state index contributed by atoms with van der Waals surface area (Å²) in [4.78, 5) is 16.6. The summed E-state index contributed by atoms with van der Waals surface area (Å²) in [6.45, 7) is 0. The van der Waals surface area contributed by atoms with Crippen LogP contribution in [-0.4, -0.2) is 29.6 Å². The van der Waals surface area contributed by atoms with Crippen LogP contribution in [0.5, 0.6) is 0 Å². The number of hydrogen-bond acceptors (Lipinski definition) is 4. The predicted molar refractivity (Wildman–Crippen MR) is 88.2 cm³/mol. The van der Waals surface area contributed by atoms with Crippen LogP contribution in [0.25, 0.3) is 0 Å². The summed E-state index contributed by atoms with van der Waals surface area (Å²) in [6.07, 6.45) is 1.54. The van der Waals surface area contributed by atoms with Crippen molar-refractivity contribution in [2.24, 2.45) is 10.9 Å². The zero-order chi connectivity index (χ0) is 16.3. The highest BCUT2D eigenvalue weighted by Crippen LogP contribution is 2.41. The molecule has 4 heteroatoms. The lowest BCUT2D eigenvalue weighted by molar-refractivity contribution is -0.163. The van der Waals surface area contributed by atoms with Gasteiger partial charge in [0.1, 0.15) is 0 Å². The van der Waals surface area contributed by atoms with Crippen molar-refractivity contribution in [3.63, 3.8) is 0 Å². The van der Waals surface area contributed by atoms with Crippen molar-refractivity contribution >= 4 is 11.7 Å². The van der Waals surface area contributed by atoms with E-state index in [2.05, 4.69) is 4.99 Å². The number of benzene rings is 2. The fourth-order valence-electron chi connectivity index (χ4n) is 2.60. The molecule has 0 heterocycles. The molecule has 0 saturated heterocycles. The topological polar surface area (TPSA) is 58.9 Å². The Bertz CT molecular complexity index is 666. The fourth-order valence-corrected chi connectivity index (χ4v) is 2.60. The van der Waals surface area contributed by atoms with E-state index in [0.717, 1.165) is 24.0 Å². The maximum absolute atomic E-state index is 12.1. The fraction of sp³-hybridized carbons (Fsp3) is 0.263. The van der Waals surface area contributed by atoms with Gasteiger partial charge in [0.05, 0.1) is 12.8 Å². The van der Waals surface area contributed by atoms with Crippen LogP contribution in [0.1, 0.15) is 24.0 Å². The largest absolute Gasteiger partial charge is 0.465 e. The molecule has 3 rings (SSSR count). The number of aliphatic imine (C=N–C) groups is 1. The summed E-state index contributed by atoms with van der Waals surface area (Å²) < 4.78 is 4.79. The average Bonchev–Trinajstić information content (AvgIpc) is 3.46. The van der Waals surface area contributed by atoms with Gasteiger partial charge in [0.25, 0.3) is 5.72 Å². The number of esters is 1. The maximum atomic E-state index is 12.1. The zero-order valence-electron chi connectivity index (χ0n) is 13.0. The minimum atomic E-state index is -1.82. The molecule has 1 aliphatic carbocycles. The molecule has 1 saturated carbocycles. The first-order valence-corrected chi connectivity index (χ1v) is 7.66. The summed E-state index contributed by atoms with van der Waals surface area (Å²) in [5.41, 5.74) is 0.463. The van der Waals surface area contributed by atoms with Gasteiger partial charge in [-0.15, -0.1) is 0 Å². The van der Waals surface area contributed by atoms with Crippen LogP contribution in [0.2, 0.25) is 0 Å². The van der Waals surface area contributed by atoms with Crippen LogP contribution >= 0.6 is 0 Å². The van der Waals surface area contributed by atoms with Crippen LogP contribution in [0.15, 0.2) is 65.7 Å². The summed E-state index contributed by atoms with van der Waals surface area (Å²) >= 11 is 0. The highest BCUT2D eigenvalue weighted by molar-refractivity contribution is 6.13. The summed E-state index contributed by atoms with van der Waals surface area (Å²) in [5, 5.41) is 10.9. The second kappa shape index (κ2) is 6.34. The van der Waals surface area contributed by atoms with Gasteiger partial charge in [-0.3, -0.25) is 0 Å². The van der Waals surface area contributed by atoms with Gasteiger partial charge < -0.3 is 9.84 Å². The van der Waals surface area contributed by atoms with Crippen LogP contribution in [0.4, 0.5) is 0 Å². The molecule has 0 radical (unpaired) electrons. The minimum Gasteiger partial charge on any atom is -0.465 e. The molecular formula is C19H19NO3. The lowest BCUT2D eigenvalue weighted by Gasteiger charge is -2.22. The normalized spacial score (nSPS) is 16.3. The molecule has 1 N–H and O–H groups in total. The molecule has 0 bridgehead atoms. The van der Waals surface area contributed by atoms with Gasteiger partial charge >= 0.3 is 5.97 Å². The molecule has 1 aliphatic rings. The molecular weight excluding hydrogens is 290 g/mol. The van der Waals surface area contributed by atoms with Gasteiger partial charge in [-0.05, 0) is 12.8 Å². The van der Waals surface area contributed by atoms with Gasteiger partial charge in [-0.1, -0.05) is 60.7 Å². The molecule has 2 aromatic carbocycles. The number of rotatable bonds is 5. The lowest BCUT2D eigenvalue weighted by atomic mass is 10.0. The van der Waals surface area contributed by atoms with Crippen LogP contribution < -0.4 is 0 Å². The van der Waals surface area contributed by atoms with E-state index in [1.807, 2.05) is 60.7 Å². The first-order valence-electron chi connectivity index (χ1n) is 7.66. The molecule has 1 atom stereocenters. The molecule has 118 valence electrons. The third-order valence-electron chi connectivity index (χ3n) is 4.01. The minimum absolute atomic E-state index is 0.183. The van der Waals surface area contributed by atoms with E-state index < -0.39 is 11.7 Å². The van der Waals surface area contributed by atoms with E-state index >= 15 is 0 Å². The Kier molecular flexibility index (Phi) is 4.26. The van der Waals surface area contributed by atoms with Crippen molar-refractivity contribution in [3.05, 3.63) is 71.8 Å². The van der Waals surface area contributed by atoms with Crippen molar-refractivity contribution in [1.29, 1.82) is 0 Å². The maximum Gasteiger partial charge on any atom is 0.361 e. The predicted octanol–water partition coefficient (Wildman–Crippen LogP) is 2.80. The van der Waals surface area contributed by atoms with Crippen LogP contribution in [0, 0.1) is 5.92 Å². The standard InChI is InChI=1S/C19H19NO3/c1-23-18(21)19(22,16-12-13-16)20-17(14-8-4-2-5-9-14)15-10-6-3-7-11-15/h2-11,16,22H,12-13H2,1H3. The molecule has 1 fully saturated rings. The summed E-state index contributed by atoms with van der Waals surface area (Å²) in [5.74, 6) is -0.887. The van der Waals surface area contributed by atoms with E-state index in [9.17, 15) is 9.90 Å². The van der Waals surface area contributed by atoms with E-state index in [1.54, 1.807) is 0 Å². The van der Waals surface area contributed by atoms with Crippen molar-refractivity contribution in [2.75, 3.05) is 7.11 Å². The Labute approximate surface area is 135 Å². The van der Waals surface area contributed by atoms with Gasteiger partial charge in [-0.2, -0.15) is 0 Å². The van der Waals surface area contributed by atoms with Crippen molar-refractivity contribution in [2.45, 2.75) is 18.6 Å². The Balaban J connectivity index is 2.13. The summed E-state index contributed by atoms with van der Waals surface area (Å²) in [7, 11) is 1.27. The zero-order valence-corrected chi connectivity index (χ0v) is 13.0. The smallest absolute Gasteiger partial charge is 0.361 e. The van der Waals surface area contributed by atoms with E-state index in [4.69, 9.17) is 4.74 Å². The third-order valence-corrected chi connectivity index (χ3v) is 4.01. The number of hydrogen-bond donors (Lipinski definition) is 1. The molecule has 1 unspecified atom stereocenters. The van der Waals surface area contributed by atoms with E-state index in [1.165, 1.54) is 7.11 Å². The van der Waals surface area contributed by atoms with Gasteiger partial charge in [0.15, 0.2) is 0 Å². The molecule has 0 spiro atoms. The first kappa shape index (κ1) is 15.4. The van der Waals surface area contributed by atoms with Crippen molar-refractivity contribution in [1.82, 2.24) is 0 Å². The molecule has 23 heavy (non-hydrogen) atoms. The number of aliphatic hydroxyl groups is 1. The SMILES string of the molecule is COC(=O)C(O)(N=C(c1ccccc1)c1ccccc1)C1CC1. The van der Waals surface area contributed by atoms with Gasteiger partial charge in [0, 0.05) is 17.0 Å². The number of carbonyl (C=O) groups excluding carboxylic acids is 1. The number of methoxy groups -OCH3 is 1. The first-order chi connectivity index (χ1) is 11.1. The lowest BCUT2D eigenvalue weighted by Crippen LogP contribution is -2.41. The number of nitrogens with zero attached hydrogens (tertiary/aromatic N) is 1. The highest BCUT2D eigenvalue weighted by atomic mass is 16.5. The average molecular weight is 309 g/mol. The monoisotopic (exact) mass is 309 g/mol. The molecule has 4 nitrogen and oxygen atoms in total. The Morgan fingerprint density at radius 1 is 1.04 bits per heavy atom. The third kappa shape index (κ3) is 3.17. The van der Waals surface area contributed by atoms with Gasteiger partial charge in [0.2, 0.25) is 0 Å². The Morgan fingerprint density at radius 3 is 1.91 bits per heavy atom. The molecule has 0 aliphatic heterocycles. The second-order valence-electron chi connectivity index (χ2n) is 5.68. The Morgan fingerprint density at radius 2 is 1.52 bits per heavy atom. The molecule has 0 amide bonds. The molecule has 2 aromatic rings. The second-order valence-corrected chi connectivity index (χ2v) is 5.68. The Hall–Kier alpha value is -2.46. The van der Waals surface area contributed by atoms with Crippen molar-refractivity contribution in [3.8, 4) is 0 Å². The number of ether oxygens (including phenoxy) is 1. The number of carbonyl (C=O) groups is 1. The van der Waals surface area contributed by atoms with Crippen LogP contribution in [-0.2, 0) is 9.53 Å². The summed E-state index contributed by atoms with van der Waals surface area (Å²) in [6, 6.07) is 19.1. The van der Waals surface area contributed by atoms with Crippen LogP contribution in [0.3, 0.4) is 0 Å². The quantitative estimate of drug-likeness (QED) is 0.682. The van der Waals surface area contributed by atoms with E-state index in [-0.39, 0.29) is 5.92 Å². The highest BCUT2D eigenvalue weighted by Gasteiger charge is 2.51. The molecule has 0 aromatic heterocycles. The van der Waals surface area contributed by atoms with E-state index in [0.29, 0.717) is 5.71 Å². The van der Waals surface area contributed by atoms with Crippen molar-refractivity contribution < 1.29 is 14.6 Å².